The fourth-order valence-electron chi connectivity index (χ4n) is 2.96. The molecule has 10 nitrogen and oxygen atoms in total. The number of methoxy groups -OCH3 is 2. The van der Waals surface area contributed by atoms with Crippen LogP contribution in [0.3, 0.4) is 0 Å². The molecule has 0 saturated carbocycles. The summed E-state index contributed by atoms with van der Waals surface area (Å²) in [5, 5.41) is 5.03. The maximum absolute atomic E-state index is 12.2. The molecule has 0 unspecified atom stereocenters. The first-order valence-electron chi connectivity index (χ1n) is 9.61. The Labute approximate surface area is 180 Å². The summed E-state index contributed by atoms with van der Waals surface area (Å²) in [5.41, 5.74) is 1.30. The zero-order valence-electron chi connectivity index (χ0n) is 18.3. The van der Waals surface area contributed by atoms with Crippen LogP contribution in [-0.2, 0) is 46.2 Å². The molecule has 2 amide bonds. The van der Waals surface area contributed by atoms with E-state index in [1.807, 2.05) is 0 Å². The van der Waals surface area contributed by atoms with Gasteiger partial charge in [-0.2, -0.15) is 0 Å². The van der Waals surface area contributed by atoms with Crippen molar-refractivity contribution in [1.29, 1.82) is 0 Å². The van der Waals surface area contributed by atoms with Gasteiger partial charge in [-0.1, -0.05) is 6.07 Å². The summed E-state index contributed by atoms with van der Waals surface area (Å²) < 4.78 is 14.5. The molecule has 0 bridgehead atoms. The van der Waals surface area contributed by atoms with Gasteiger partial charge < -0.3 is 24.8 Å². The molecule has 1 rings (SSSR count). The van der Waals surface area contributed by atoms with Gasteiger partial charge in [0.15, 0.2) is 0 Å². The minimum Gasteiger partial charge on any atom is -0.467 e. The van der Waals surface area contributed by atoms with Crippen LogP contribution in [0, 0.1) is 0 Å². The first kappa shape index (κ1) is 25.6. The average molecular weight is 436 g/mol. The zero-order chi connectivity index (χ0) is 23.6. The smallest absolute Gasteiger partial charge is 0.338 e. The summed E-state index contributed by atoms with van der Waals surface area (Å²) in [6.45, 7) is 4.38. The van der Waals surface area contributed by atoms with Crippen LogP contribution in [0.5, 0.6) is 0 Å². The van der Waals surface area contributed by atoms with Gasteiger partial charge in [-0.25, -0.2) is 14.4 Å². The molecule has 0 spiro atoms. The molecular weight excluding hydrogens is 408 g/mol. The van der Waals surface area contributed by atoms with E-state index in [9.17, 15) is 24.0 Å². The molecule has 0 aromatic heterocycles. The Hall–Kier alpha value is -3.43. The van der Waals surface area contributed by atoms with E-state index in [0.29, 0.717) is 11.1 Å². The number of amides is 2. The van der Waals surface area contributed by atoms with Gasteiger partial charge in [0.25, 0.3) is 0 Å². The molecule has 0 aliphatic rings. The van der Waals surface area contributed by atoms with E-state index >= 15 is 0 Å². The Morgan fingerprint density at radius 1 is 0.839 bits per heavy atom. The predicted molar refractivity (Wildman–Crippen MR) is 109 cm³/mol. The van der Waals surface area contributed by atoms with Gasteiger partial charge in [0, 0.05) is 26.7 Å². The summed E-state index contributed by atoms with van der Waals surface area (Å²) in [6.07, 6.45) is 0.0292. The van der Waals surface area contributed by atoms with Gasteiger partial charge in [-0.05, 0) is 30.2 Å². The first-order valence-corrected chi connectivity index (χ1v) is 9.61. The van der Waals surface area contributed by atoms with Crippen molar-refractivity contribution in [3.63, 3.8) is 0 Å². The molecule has 170 valence electrons. The highest BCUT2D eigenvalue weighted by molar-refractivity contribution is 5.90. The second kappa shape index (κ2) is 12.3. The molecule has 0 saturated heterocycles. The molecule has 0 radical (unpaired) electrons. The average Bonchev–Trinajstić information content (AvgIpc) is 2.72. The number of carbonyl (C=O) groups is 5. The molecule has 0 fully saturated rings. The van der Waals surface area contributed by atoms with Crippen molar-refractivity contribution in [3.05, 3.63) is 34.9 Å². The van der Waals surface area contributed by atoms with Gasteiger partial charge in [0.2, 0.25) is 11.8 Å². The van der Waals surface area contributed by atoms with E-state index in [-0.39, 0.29) is 25.0 Å². The van der Waals surface area contributed by atoms with Crippen LogP contribution >= 0.6 is 0 Å². The molecule has 2 atom stereocenters. The lowest BCUT2D eigenvalue weighted by Crippen LogP contribution is -2.43. The van der Waals surface area contributed by atoms with E-state index in [1.54, 1.807) is 13.0 Å². The van der Waals surface area contributed by atoms with Gasteiger partial charge in [-0.15, -0.1) is 0 Å². The molecule has 31 heavy (non-hydrogen) atoms. The van der Waals surface area contributed by atoms with E-state index in [1.165, 1.54) is 40.2 Å². The van der Waals surface area contributed by atoms with Gasteiger partial charge in [0.05, 0.1) is 26.4 Å². The van der Waals surface area contributed by atoms with E-state index in [4.69, 9.17) is 14.2 Å². The fraction of sp³-hybridized carbons (Fsp3) is 0.476. The topological polar surface area (TPSA) is 137 Å². The standard InChI is InChI=1S/C21H28N2O8/c1-6-31-19(26)15-8-7-14(10-17(20(27)29-4)22-12(2)24)16(9-15)11-18(21(28)30-5)23-13(3)25/h7-9,17-18H,6,10-11H2,1-5H3,(H,22,24)(H,23,25)/t17-,18-/m1/s1. The molecule has 1 aromatic rings. The third kappa shape index (κ3) is 8.07. The maximum atomic E-state index is 12.2. The van der Waals surface area contributed by atoms with E-state index in [0.717, 1.165) is 0 Å². The number of hydrogen-bond donors (Lipinski definition) is 2. The van der Waals surface area contributed by atoms with E-state index < -0.39 is 41.8 Å². The molecular formula is C21H28N2O8. The predicted octanol–water partition coefficient (Wildman–Crippen LogP) is 0.304. The highest BCUT2D eigenvalue weighted by Gasteiger charge is 2.26. The lowest BCUT2D eigenvalue weighted by Gasteiger charge is -2.21. The highest BCUT2D eigenvalue weighted by atomic mass is 16.5. The van der Waals surface area contributed by atoms with Crippen LogP contribution in [0.15, 0.2) is 18.2 Å². The van der Waals surface area contributed by atoms with Crippen LogP contribution in [0.2, 0.25) is 0 Å². The van der Waals surface area contributed by atoms with Gasteiger partial charge in [-0.3, -0.25) is 9.59 Å². The Kier molecular flexibility index (Phi) is 10.2. The van der Waals surface area contributed by atoms with Crippen LogP contribution in [0.4, 0.5) is 0 Å². The zero-order valence-corrected chi connectivity index (χ0v) is 18.3. The van der Waals surface area contributed by atoms with Crippen molar-refractivity contribution in [2.45, 2.75) is 45.7 Å². The SMILES string of the molecule is CCOC(=O)c1ccc(C[C@@H](NC(C)=O)C(=O)OC)c(C[C@@H](NC(C)=O)C(=O)OC)c1. The van der Waals surface area contributed by atoms with Crippen LogP contribution in [0.25, 0.3) is 0 Å². The largest absolute Gasteiger partial charge is 0.467 e. The molecule has 0 heterocycles. The Balaban J connectivity index is 3.39. The molecule has 10 heteroatoms. The van der Waals surface area contributed by atoms with Crippen molar-refractivity contribution in [2.75, 3.05) is 20.8 Å². The second-order valence-corrected chi connectivity index (χ2v) is 6.66. The Morgan fingerprint density at radius 2 is 1.32 bits per heavy atom. The van der Waals surface area contributed by atoms with Crippen LogP contribution in [0.1, 0.15) is 42.3 Å². The fourth-order valence-corrected chi connectivity index (χ4v) is 2.96. The number of carbonyl (C=O) groups excluding carboxylic acids is 5. The van der Waals surface area contributed by atoms with Crippen LogP contribution < -0.4 is 10.6 Å². The van der Waals surface area contributed by atoms with Gasteiger partial charge >= 0.3 is 17.9 Å². The summed E-state index contributed by atoms with van der Waals surface area (Å²) >= 11 is 0. The molecule has 1 aromatic carbocycles. The van der Waals surface area contributed by atoms with Crippen molar-refractivity contribution in [2.24, 2.45) is 0 Å². The number of rotatable bonds is 10. The van der Waals surface area contributed by atoms with Gasteiger partial charge in [0.1, 0.15) is 12.1 Å². The lowest BCUT2D eigenvalue weighted by atomic mass is 9.93. The number of esters is 3. The summed E-state index contributed by atoms with van der Waals surface area (Å²) in [6, 6.07) is 2.64. The first-order chi connectivity index (χ1) is 14.6. The number of ether oxygens (including phenoxy) is 3. The Morgan fingerprint density at radius 3 is 1.74 bits per heavy atom. The molecule has 2 N–H and O–H groups in total. The Bertz CT molecular complexity index is 837. The normalized spacial score (nSPS) is 12.2. The summed E-state index contributed by atoms with van der Waals surface area (Å²) in [5.74, 6) is -2.75. The third-order valence-electron chi connectivity index (χ3n) is 4.29. The monoisotopic (exact) mass is 436 g/mol. The maximum Gasteiger partial charge on any atom is 0.338 e. The van der Waals surface area contributed by atoms with Crippen molar-refractivity contribution in [3.8, 4) is 0 Å². The van der Waals surface area contributed by atoms with Crippen molar-refractivity contribution in [1.82, 2.24) is 10.6 Å². The highest BCUT2D eigenvalue weighted by Crippen LogP contribution is 2.18. The van der Waals surface area contributed by atoms with E-state index in [2.05, 4.69) is 10.6 Å². The number of benzene rings is 1. The minimum atomic E-state index is -1.02. The molecule has 0 aliphatic heterocycles. The van der Waals surface area contributed by atoms with Crippen molar-refractivity contribution >= 4 is 29.7 Å². The van der Waals surface area contributed by atoms with Crippen molar-refractivity contribution < 1.29 is 38.2 Å². The summed E-state index contributed by atoms with van der Waals surface area (Å²) in [7, 11) is 2.39. The number of hydrogen-bond acceptors (Lipinski definition) is 8. The third-order valence-corrected chi connectivity index (χ3v) is 4.29. The minimum absolute atomic E-state index is 0.0111. The lowest BCUT2D eigenvalue weighted by molar-refractivity contribution is -0.145. The molecule has 0 aliphatic carbocycles. The number of nitrogens with one attached hydrogen (secondary N) is 2. The second-order valence-electron chi connectivity index (χ2n) is 6.66. The van der Waals surface area contributed by atoms with Crippen LogP contribution in [-0.4, -0.2) is 62.6 Å². The quantitative estimate of drug-likeness (QED) is 0.395. The summed E-state index contributed by atoms with van der Waals surface area (Å²) in [4.78, 5) is 59.5.